The highest BCUT2D eigenvalue weighted by molar-refractivity contribution is 9.10. The predicted molar refractivity (Wildman–Crippen MR) is 124 cm³/mol. The second-order valence-corrected chi connectivity index (χ2v) is 8.55. The number of anilines is 1. The van der Waals surface area contributed by atoms with Crippen LogP contribution in [0.15, 0.2) is 58.0 Å². The molecule has 2 N–H and O–H groups in total. The number of aromatic nitrogens is 3. The lowest BCUT2D eigenvalue weighted by atomic mass is 9.87. The van der Waals surface area contributed by atoms with Gasteiger partial charge in [0.15, 0.2) is 5.82 Å². The Morgan fingerprint density at radius 1 is 1.19 bits per heavy atom. The number of aliphatic imine (C=N–C) groups is 1. The second kappa shape index (κ2) is 9.11. The first-order valence-electron chi connectivity index (χ1n) is 10.2. The number of rotatable bonds is 6. The lowest BCUT2D eigenvalue weighted by molar-refractivity contribution is -0.118. The van der Waals surface area contributed by atoms with Crippen LogP contribution in [0.4, 0.5) is 11.6 Å². The molecule has 4 rings (SSSR count). The Hall–Kier alpha value is -2.84. The largest absolute Gasteiger partial charge is 0.396 e. The molecule has 0 radical (unpaired) electrons. The average molecular weight is 482 g/mol. The number of fused-ring (bicyclic) bond motifs is 1. The van der Waals surface area contributed by atoms with Crippen molar-refractivity contribution in [3.8, 4) is 0 Å². The van der Waals surface area contributed by atoms with Crippen molar-refractivity contribution in [1.82, 2.24) is 14.8 Å². The van der Waals surface area contributed by atoms with E-state index in [0.29, 0.717) is 30.3 Å². The Morgan fingerprint density at radius 2 is 2.00 bits per heavy atom. The average Bonchev–Trinajstić information content (AvgIpc) is 3.15. The third-order valence-corrected chi connectivity index (χ3v) is 5.89. The number of para-hydroxylation sites is 1. The molecule has 1 aliphatic heterocycles. The van der Waals surface area contributed by atoms with Crippen LogP contribution in [0.2, 0.25) is 0 Å². The zero-order valence-electron chi connectivity index (χ0n) is 17.4. The molecule has 2 atom stereocenters. The molecule has 160 valence electrons. The van der Waals surface area contributed by atoms with Crippen LogP contribution in [-0.2, 0) is 11.2 Å². The molecule has 3 aromatic rings. The van der Waals surface area contributed by atoms with E-state index < -0.39 is 5.92 Å². The van der Waals surface area contributed by atoms with Gasteiger partial charge in [-0.25, -0.2) is 9.67 Å². The minimum absolute atomic E-state index is 0.0721. The summed E-state index contributed by atoms with van der Waals surface area (Å²) in [5, 5.41) is 16.9. The van der Waals surface area contributed by atoms with Crippen molar-refractivity contribution in [2.45, 2.75) is 32.7 Å². The number of aliphatic hydroxyl groups excluding tert-OH is 1. The first kappa shape index (κ1) is 21.4. The molecule has 0 saturated carbocycles. The van der Waals surface area contributed by atoms with Gasteiger partial charge in [0.1, 0.15) is 5.92 Å². The van der Waals surface area contributed by atoms with Crippen LogP contribution in [-0.4, -0.2) is 38.1 Å². The molecule has 0 aliphatic carbocycles. The van der Waals surface area contributed by atoms with E-state index >= 15 is 0 Å². The van der Waals surface area contributed by atoms with Gasteiger partial charge in [-0.1, -0.05) is 46.3 Å². The molecule has 8 heteroatoms. The van der Waals surface area contributed by atoms with Gasteiger partial charge in [0.2, 0.25) is 11.9 Å². The monoisotopic (exact) mass is 481 g/mol. The molecule has 2 heterocycles. The van der Waals surface area contributed by atoms with Crippen LogP contribution in [0.25, 0.3) is 0 Å². The molecule has 2 aromatic carbocycles. The van der Waals surface area contributed by atoms with E-state index in [1.165, 1.54) is 0 Å². The summed E-state index contributed by atoms with van der Waals surface area (Å²) < 4.78 is 2.66. The fourth-order valence-electron chi connectivity index (χ4n) is 3.84. The molecule has 1 aliphatic rings. The number of hydrogen-bond donors (Lipinski definition) is 2. The highest BCUT2D eigenvalue weighted by Crippen LogP contribution is 2.37. The molecule has 1 amide bonds. The number of nitrogens with one attached hydrogen (secondary N) is 1. The van der Waals surface area contributed by atoms with E-state index in [4.69, 9.17) is 5.11 Å². The van der Waals surface area contributed by atoms with Crippen LogP contribution >= 0.6 is 15.9 Å². The van der Waals surface area contributed by atoms with E-state index in [2.05, 4.69) is 36.3 Å². The van der Waals surface area contributed by atoms with Gasteiger partial charge in [-0.2, -0.15) is 10.1 Å². The number of nitrogens with zero attached hydrogens (tertiary/aromatic N) is 4. The van der Waals surface area contributed by atoms with Crippen molar-refractivity contribution in [1.29, 1.82) is 0 Å². The molecule has 2 unspecified atom stereocenters. The summed E-state index contributed by atoms with van der Waals surface area (Å²) in [5.41, 5.74) is 3.40. The third kappa shape index (κ3) is 4.45. The smallest absolute Gasteiger partial charge is 0.248 e. The van der Waals surface area contributed by atoms with E-state index in [1.807, 2.05) is 62.4 Å². The number of benzene rings is 2. The third-order valence-electron chi connectivity index (χ3n) is 5.40. The zero-order chi connectivity index (χ0) is 22.0. The Balaban J connectivity index is 1.76. The first-order valence-corrected chi connectivity index (χ1v) is 11.0. The molecular weight excluding hydrogens is 458 g/mol. The van der Waals surface area contributed by atoms with Gasteiger partial charge >= 0.3 is 0 Å². The minimum atomic E-state index is -0.547. The summed E-state index contributed by atoms with van der Waals surface area (Å²) in [4.78, 5) is 22.6. The maximum absolute atomic E-state index is 13.5. The van der Waals surface area contributed by atoms with Gasteiger partial charge < -0.3 is 10.4 Å². The SMILES string of the molecule is CC1=Nc2nc(CCCO)nn2C(c2cccc(Br)c2)C1C(=O)Nc1ccccc1C. The Kier molecular flexibility index (Phi) is 6.29. The van der Waals surface area contributed by atoms with Crippen LogP contribution in [0.5, 0.6) is 0 Å². The number of hydrogen-bond acceptors (Lipinski definition) is 5. The van der Waals surface area contributed by atoms with Crippen molar-refractivity contribution in [3.63, 3.8) is 0 Å². The molecule has 0 saturated heterocycles. The van der Waals surface area contributed by atoms with E-state index in [9.17, 15) is 4.79 Å². The number of halogens is 1. The number of aryl methyl sites for hydroxylation is 2. The summed E-state index contributed by atoms with van der Waals surface area (Å²) in [6.45, 7) is 3.90. The minimum Gasteiger partial charge on any atom is -0.396 e. The summed E-state index contributed by atoms with van der Waals surface area (Å²) >= 11 is 3.54. The standard InChI is InChI=1S/C23H24BrN5O2/c1-14-7-3-4-10-18(14)26-22(31)20-15(2)25-23-27-19(11-6-12-30)28-29(23)21(20)16-8-5-9-17(24)13-16/h3-5,7-10,13,20-21,30H,6,11-12H2,1-2H3,(H,26,31). The molecule has 0 fully saturated rings. The normalized spacial score (nSPS) is 17.7. The van der Waals surface area contributed by atoms with Gasteiger partial charge in [-0.15, -0.1) is 0 Å². The van der Waals surface area contributed by atoms with Gasteiger partial charge in [-0.05, 0) is 49.6 Å². The number of amides is 1. The summed E-state index contributed by atoms with van der Waals surface area (Å²) in [7, 11) is 0. The van der Waals surface area contributed by atoms with E-state index in [-0.39, 0.29) is 18.6 Å². The Bertz CT molecular complexity index is 1140. The Labute approximate surface area is 189 Å². The van der Waals surface area contributed by atoms with Gasteiger partial charge in [0.05, 0.1) is 6.04 Å². The van der Waals surface area contributed by atoms with Crippen molar-refractivity contribution < 1.29 is 9.90 Å². The number of aliphatic hydroxyl groups is 1. The lowest BCUT2D eigenvalue weighted by Crippen LogP contribution is -2.39. The van der Waals surface area contributed by atoms with Crippen LogP contribution in [0.3, 0.4) is 0 Å². The van der Waals surface area contributed by atoms with Crippen molar-refractivity contribution in [3.05, 3.63) is 70.0 Å². The van der Waals surface area contributed by atoms with Crippen LogP contribution in [0.1, 0.15) is 36.3 Å². The predicted octanol–water partition coefficient (Wildman–Crippen LogP) is 4.22. The number of carbonyl (C=O) groups excluding carboxylic acids is 1. The van der Waals surface area contributed by atoms with Gasteiger partial charge in [-0.3, -0.25) is 4.79 Å². The summed E-state index contributed by atoms with van der Waals surface area (Å²) in [5.74, 6) is 0.406. The first-order chi connectivity index (χ1) is 15.0. The summed E-state index contributed by atoms with van der Waals surface area (Å²) in [6.07, 6.45) is 1.13. The second-order valence-electron chi connectivity index (χ2n) is 7.63. The maximum atomic E-state index is 13.5. The fraction of sp³-hybridized carbons (Fsp3) is 0.304. The summed E-state index contributed by atoms with van der Waals surface area (Å²) in [6, 6.07) is 15.2. The maximum Gasteiger partial charge on any atom is 0.248 e. The van der Waals surface area contributed by atoms with Gasteiger partial charge in [0, 0.05) is 28.9 Å². The van der Waals surface area contributed by atoms with Crippen molar-refractivity contribution in [2.75, 3.05) is 11.9 Å². The van der Waals surface area contributed by atoms with Crippen molar-refractivity contribution >= 4 is 39.2 Å². The highest BCUT2D eigenvalue weighted by atomic mass is 79.9. The number of carbonyl (C=O) groups is 1. The fourth-order valence-corrected chi connectivity index (χ4v) is 4.26. The molecule has 0 spiro atoms. The topological polar surface area (TPSA) is 92.4 Å². The highest BCUT2D eigenvalue weighted by Gasteiger charge is 2.39. The van der Waals surface area contributed by atoms with Crippen LogP contribution < -0.4 is 5.32 Å². The zero-order valence-corrected chi connectivity index (χ0v) is 19.0. The van der Waals surface area contributed by atoms with Crippen molar-refractivity contribution in [2.24, 2.45) is 10.9 Å². The van der Waals surface area contributed by atoms with E-state index in [1.54, 1.807) is 4.68 Å². The van der Waals surface area contributed by atoms with Crippen LogP contribution in [0, 0.1) is 12.8 Å². The molecule has 1 aromatic heterocycles. The molecule has 31 heavy (non-hydrogen) atoms. The molecule has 0 bridgehead atoms. The molecular formula is C23H24BrN5O2. The quantitative estimate of drug-likeness (QED) is 0.550. The van der Waals surface area contributed by atoms with E-state index in [0.717, 1.165) is 21.3 Å². The van der Waals surface area contributed by atoms with Gasteiger partial charge in [0.25, 0.3) is 0 Å². The lowest BCUT2D eigenvalue weighted by Gasteiger charge is -2.30. The molecule has 7 nitrogen and oxygen atoms in total. The Morgan fingerprint density at radius 3 is 2.74 bits per heavy atom.